The van der Waals surface area contributed by atoms with Gasteiger partial charge in [0.05, 0.1) is 5.56 Å². The summed E-state index contributed by atoms with van der Waals surface area (Å²) in [6, 6.07) is 6.20. The summed E-state index contributed by atoms with van der Waals surface area (Å²) in [5, 5.41) is 9.19. The van der Waals surface area contributed by atoms with Crippen LogP contribution in [0.4, 0.5) is 4.39 Å². The van der Waals surface area contributed by atoms with Gasteiger partial charge in [-0.2, -0.15) is 0 Å². The summed E-state index contributed by atoms with van der Waals surface area (Å²) in [5.74, 6) is -2.24. The number of ether oxygens (including phenoxy) is 2. The number of rotatable bonds is 8. The molecule has 26 heavy (non-hydrogen) atoms. The van der Waals surface area contributed by atoms with Crippen molar-refractivity contribution in [1.82, 2.24) is 4.90 Å². The van der Waals surface area contributed by atoms with Crippen LogP contribution in [0.25, 0.3) is 0 Å². The lowest BCUT2D eigenvalue weighted by Gasteiger charge is -2.21. The molecular formula is C18H24FNO5Si. The average molecular weight is 381 g/mol. The van der Waals surface area contributed by atoms with Crippen LogP contribution in [-0.4, -0.2) is 49.4 Å². The van der Waals surface area contributed by atoms with E-state index < -0.39 is 31.8 Å². The molecule has 1 aliphatic rings. The van der Waals surface area contributed by atoms with Gasteiger partial charge in [0.2, 0.25) is 0 Å². The van der Waals surface area contributed by atoms with E-state index >= 15 is 0 Å². The molecule has 1 unspecified atom stereocenters. The van der Waals surface area contributed by atoms with Gasteiger partial charge < -0.3 is 14.6 Å². The van der Waals surface area contributed by atoms with Crippen LogP contribution in [0, 0.1) is 0 Å². The molecule has 2 rings (SSSR count). The highest BCUT2D eigenvalue weighted by molar-refractivity contribution is 6.76. The summed E-state index contributed by atoms with van der Waals surface area (Å²) in [4.78, 5) is 24.8. The van der Waals surface area contributed by atoms with Gasteiger partial charge in [-0.1, -0.05) is 31.8 Å². The minimum absolute atomic E-state index is 0.0126. The highest BCUT2D eigenvalue weighted by Gasteiger charge is 2.36. The van der Waals surface area contributed by atoms with E-state index in [4.69, 9.17) is 9.47 Å². The van der Waals surface area contributed by atoms with Crippen molar-refractivity contribution < 1.29 is 28.6 Å². The number of carboxylic acids is 1. The van der Waals surface area contributed by atoms with Gasteiger partial charge in [0.25, 0.3) is 5.91 Å². The molecule has 0 saturated carbocycles. The molecule has 1 atom stereocenters. The van der Waals surface area contributed by atoms with Gasteiger partial charge in [0.1, 0.15) is 17.6 Å². The zero-order valence-electron chi connectivity index (χ0n) is 15.2. The van der Waals surface area contributed by atoms with Gasteiger partial charge >= 0.3 is 5.97 Å². The molecule has 142 valence electrons. The summed E-state index contributed by atoms with van der Waals surface area (Å²) in [6.45, 7) is 7.29. The number of halogens is 1. The van der Waals surface area contributed by atoms with Crippen molar-refractivity contribution in [3.63, 3.8) is 0 Å². The van der Waals surface area contributed by atoms with Gasteiger partial charge in [0.15, 0.2) is 6.79 Å². The first-order valence-corrected chi connectivity index (χ1v) is 12.1. The molecule has 0 bridgehead atoms. The number of aliphatic carboxylic acids is 1. The van der Waals surface area contributed by atoms with Gasteiger partial charge in [-0.25, -0.2) is 9.18 Å². The maximum atomic E-state index is 13.5. The summed E-state index contributed by atoms with van der Waals surface area (Å²) < 4.78 is 24.5. The lowest BCUT2D eigenvalue weighted by Crippen LogP contribution is -2.38. The molecule has 8 heteroatoms. The summed E-state index contributed by atoms with van der Waals surface area (Å²) in [6.07, 6.45) is 0.603. The predicted molar refractivity (Wildman–Crippen MR) is 97.4 cm³/mol. The van der Waals surface area contributed by atoms with Crippen LogP contribution >= 0.6 is 0 Å². The third-order valence-corrected chi connectivity index (χ3v) is 5.64. The Hall–Kier alpha value is -2.19. The molecule has 0 saturated heterocycles. The number of carbonyl (C=O) groups excluding carboxylic acids is 1. The predicted octanol–water partition coefficient (Wildman–Crippen LogP) is 3.49. The number of para-hydroxylation sites is 1. The number of benzene rings is 1. The Kier molecular flexibility index (Phi) is 6.55. The molecular weight excluding hydrogens is 357 g/mol. The molecule has 0 fully saturated rings. The van der Waals surface area contributed by atoms with Gasteiger partial charge in [-0.3, -0.25) is 9.69 Å². The zero-order chi connectivity index (χ0) is 19.3. The second-order valence-corrected chi connectivity index (χ2v) is 12.9. The number of nitrogens with zero attached hydrogens (tertiary/aromatic N) is 1. The largest absolute Gasteiger partial charge is 0.480 e. The molecule has 1 aromatic carbocycles. The van der Waals surface area contributed by atoms with Crippen LogP contribution in [-0.2, 0) is 9.53 Å². The lowest BCUT2D eigenvalue weighted by molar-refractivity contribution is -0.141. The van der Waals surface area contributed by atoms with Gasteiger partial charge in [-0.05, 0) is 18.2 Å². The zero-order valence-corrected chi connectivity index (χ0v) is 16.2. The van der Waals surface area contributed by atoms with Crippen LogP contribution in [0.15, 0.2) is 36.3 Å². The van der Waals surface area contributed by atoms with Crippen molar-refractivity contribution in [2.75, 3.05) is 13.4 Å². The third kappa shape index (κ3) is 5.40. The number of carbonyl (C=O) groups is 2. The fraction of sp³-hybridized carbons (Fsp3) is 0.444. The maximum Gasteiger partial charge on any atom is 0.327 e. The highest BCUT2D eigenvalue weighted by atomic mass is 28.3. The lowest BCUT2D eigenvalue weighted by atomic mass is 10.1. The number of hydrogen-bond donors (Lipinski definition) is 1. The Balaban J connectivity index is 2.04. The molecule has 1 aliphatic heterocycles. The molecule has 1 aromatic rings. The molecule has 0 radical (unpaired) electrons. The van der Waals surface area contributed by atoms with Crippen LogP contribution in [0.2, 0.25) is 25.7 Å². The van der Waals surface area contributed by atoms with Crippen LogP contribution < -0.4 is 4.74 Å². The molecule has 0 aliphatic carbocycles. The fourth-order valence-corrected chi connectivity index (χ4v) is 3.19. The first-order chi connectivity index (χ1) is 12.2. The minimum atomic E-state index is -1.25. The molecule has 0 aromatic heterocycles. The van der Waals surface area contributed by atoms with Crippen molar-refractivity contribution in [2.45, 2.75) is 38.1 Å². The van der Waals surface area contributed by atoms with E-state index in [1.165, 1.54) is 6.07 Å². The molecule has 1 N–H and O–H groups in total. The van der Waals surface area contributed by atoms with Crippen molar-refractivity contribution in [3.8, 4) is 5.75 Å². The normalized spacial score (nSPS) is 17.2. The van der Waals surface area contributed by atoms with E-state index in [1.807, 2.05) is 0 Å². The smallest absolute Gasteiger partial charge is 0.327 e. The second kappa shape index (κ2) is 8.46. The Bertz CT molecular complexity index is 701. The molecule has 6 nitrogen and oxygen atoms in total. The quantitative estimate of drug-likeness (QED) is 0.424. The highest BCUT2D eigenvalue weighted by Crippen LogP contribution is 2.28. The number of carboxylic acid groups (broad SMARTS) is 1. The van der Waals surface area contributed by atoms with Crippen LogP contribution in [0.3, 0.4) is 0 Å². The Labute approximate surface area is 153 Å². The van der Waals surface area contributed by atoms with E-state index in [-0.39, 0.29) is 24.5 Å². The van der Waals surface area contributed by atoms with E-state index in [0.29, 0.717) is 6.61 Å². The third-order valence-electron chi connectivity index (χ3n) is 3.93. The minimum Gasteiger partial charge on any atom is -0.480 e. The van der Waals surface area contributed by atoms with Crippen molar-refractivity contribution in [3.05, 3.63) is 41.9 Å². The van der Waals surface area contributed by atoms with E-state index in [1.54, 1.807) is 18.2 Å². The first-order valence-electron chi connectivity index (χ1n) is 8.40. The SMILES string of the molecule is C[Si](C)(C)CCOCOc1ccccc1C(=O)N1C=C(F)CC1C(=O)O. The van der Waals surface area contributed by atoms with Gasteiger partial charge in [-0.15, -0.1) is 0 Å². The molecule has 0 spiro atoms. The number of amides is 1. The summed E-state index contributed by atoms with van der Waals surface area (Å²) in [7, 11) is -1.20. The van der Waals surface area contributed by atoms with E-state index in [0.717, 1.165) is 17.1 Å². The van der Waals surface area contributed by atoms with Crippen molar-refractivity contribution in [2.24, 2.45) is 0 Å². The Morgan fingerprint density at radius 2 is 2.00 bits per heavy atom. The van der Waals surface area contributed by atoms with Crippen LogP contribution in [0.1, 0.15) is 16.8 Å². The van der Waals surface area contributed by atoms with Crippen LogP contribution in [0.5, 0.6) is 5.75 Å². The van der Waals surface area contributed by atoms with E-state index in [9.17, 15) is 19.1 Å². The Morgan fingerprint density at radius 3 is 2.65 bits per heavy atom. The topological polar surface area (TPSA) is 76.1 Å². The maximum absolute atomic E-state index is 13.5. The number of hydrogen-bond acceptors (Lipinski definition) is 4. The fourth-order valence-electron chi connectivity index (χ4n) is 2.43. The first kappa shape index (κ1) is 20.1. The van der Waals surface area contributed by atoms with Crippen molar-refractivity contribution >= 4 is 20.0 Å². The monoisotopic (exact) mass is 381 g/mol. The second-order valence-electron chi connectivity index (χ2n) is 7.32. The standard InChI is InChI=1S/C18H24FNO5Si/c1-26(2,3)9-8-24-12-25-16-7-5-4-6-14(16)17(21)20-11-13(19)10-15(20)18(22)23/h4-7,11,15H,8-10,12H2,1-3H3,(H,22,23). The molecule has 1 heterocycles. The van der Waals surface area contributed by atoms with Crippen molar-refractivity contribution in [1.29, 1.82) is 0 Å². The summed E-state index contributed by atoms with van der Waals surface area (Å²) in [5.41, 5.74) is 0.165. The van der Waals surface area contributed by atoms with Gasteiger partial charge in [0, 0.05) is 27.3 Å². The Morgan fingerprint density at radius 1 is 1.31 bits per heavy atom. The average Bonchev–Trinajstić information content (AvgIpc) is 2.95. The van der Waals surface area contributed by atoms with E-state index in [2.05, 4.69) is 19.6 Å². The summed E-state index contributed by atoms with van der Waals surface area (Å²) >= 11 is 0. The molecule has 1 amide bonds.